The first-order chi connectivity index (χ1) is 13.5. The van der Waals surface area contributed by atoms with Gasteiger partial charge in [-0.05, 0) is 79.4 Å². The van der Waals surface area contributed by atoms with Gasteiger partial charge in [0.1, 0.15) is 18.2 Å². The zero-order valence-electron chi connectivity index (χ0n) is 14.4. The van der Waals surface area contributed by atoms with Gasteiger partial charge in [0.15, 0.2) is 0 Å². The predicted octanol–water partition coefficient (Wildman–Crippen LogP) is 7.65. The Balaban J connectivity index is 1.86. The molecule has 3 aromatic rings. The van der Waals surface area contributed by atoms with Crippen molar-refractivity contribution < 1.29 is 9.13 Å². The fraction of sp³-hybridized carbons (Fsp3) is 0.0455. The average molecular weight is 522 g/mol. The highest BCUT2D eigenvalue weighted by Gasteiger charge is 2.11. The summed E-state index contributed by atoms with van der Waals surface area (Å²) >= 11 is 12.9. The smallest absolute Gasteiger partial charge is 0.148 e. The van der Waals surface area contributed by atoms with Crippen LogP contribution in [-0.2, 0) is 6.61 Å². The summed E-state index contributed by atoms with van der Waals surface area (Å²) in [7, 11) is 0. The monoisotopic (exact) mass is 519 g/mol. The Morgan fingerprint density at radius 1 is 1.07 bits per heavy atom. The van der Waals surface area contributed by atoms with Crippen molar-refractivity contribution in [2.24, 2.45) is 0 Å². The van der Waals surface area contributed by atoms with E-state index in [9.17, 15) is 9.65 Å². The molecule has 0 N–H and O–H groups in total. The normalized spacial score (nSPS) is 11.2. The van der Waals surface area contributed by atoms with Crippen molar-refractivity contribution in [2.45, 2.75) is 6.61 Å². The average Bonchev–Trinajstić information content (AvgIpc) is 2.67. The van der Waals surface area contributed by atoms with Gasteiger partial charge in [0.2, 0.25) is 0 Å². The van der Waals surface area contributed by atoms with Gasteiger partial charge in [0, 0.05) is 10.6 Å². The van der Waals surface area contributed by atoms with Gasteiger partial charge < -0.3 is 4.74 Å². The van der Waals surface area contributed by atoms with Crippen LogP contribution in [0.25, 0.3) is 11.6 Å². The van der Waals surface area contributed by atoms with E-state index >= 15 is 0 Å². The lowest BCUT2D eigenvalue weighted by Gasteiger charge is -2.12. The van der Waals surface area contributed by atoms with Gasteiger partial charge in [-0.25, -0.2) is 4.39 Å². The summed E-state index contributed by atoms with van der Waals surface area (Å²) in [5.41, 5.74) is 2.57. The van der Waals surface area contributed by atoms with Gasteiger partial charge >= 0.3 is 0 Å². The van der Waals surface area contributed by atoms with Crippen LogP contribution in [-0.4, -0.2) is 0 Å². The number of ether oxygens (including phenoxy) is 1. The molecule has 3 rings (SSSR count). The molecule has 0 aliphatic rings. The second-order valence-electron chi connectivity index (χ2n) is 5.87. The Bertz CT molecular complexity index is 1050. The molecule has 140 valence electrons. The maximum absolute atomic E-state index is 13.8. The third kappa shape index (κ3) is 5.02. The maximum Gasteiger partial charge on any atom is 0.148 e. The summed E-state index contributed by atoms with van der Waals surface area (Å²) in [4.78, 5) is 0. The number of allylic oxidation sites excluding steroid dienone is 1. The second-order valence-corrected chi connectivity index (χ2v) is 8.02. The number of halogens is 4. The lowest BCUT2D eigenvalue weighted by Crippen LogP contribution is -1.99. The zero-order chi connectivity index (χ0) is 20.1. The van der Waals surface area contributed by atoms with Gasteiger partial charge in [-0.1, -0.05) is 41.9 Å². The standard InChI is InChI=1S/C22H13Br2ClFNO/c23-19-10-14(9-17(12-27)15-5-7-18(25)8-6-15)11-20(24)22(19)28-13-16-3-1-2-4-21(16)26/h1-11H,13H2/b17-9+. The number of hydrogen-bond donors (Lipinski definition) is 0. The molecule has 0 unspecified atom stereocenters. The molecule has 0 heterocycles. The minimum absolute atomic E-state index is 0.104. The van der Waals surface area contributed by atoms with E-state index < -0.39 is 0 Å². The van der Waals surface area contributed by atoms with Gasteiger partial charge in [0.25, 0.3) is 0 Å². The number of benzene rings is 3. The van der Waals surface area contributed by atoms with Crippen LogP contribution in [0.2, 0.25) is 5.02 Å². The molecule has 0 aliphatic heterocycles. The summed E-state index contributed by atoms with van der Waals surface area (Å²) in [6.45, 7) is 0.104. The highest BCUT2D eigenvalue weighted by atomic mass is 79.9. The maximum atomic E-state index is 13.8. The fourth-order valence-electron chi connectivity index (χ4n) is 2.54. The third-order valence-corrected chi connectivity index (χ3v) is 5.37. The number of nitrogens with zero attached hydrogens (tertiary/aromatic N) is 1. The lowest BCUT2D eigenvalue weighted by atomic mass is 10.0. The van der Waals surface area contributed by atoms with Crippen molar-refractivity contribution in [1.82, 2.24) is 0 Å². The van der Waals surface area contributed by atoms with E-state index in [1.54, 1.807) is 48.5 Å². The van der Waals surface area contributed by atoms with E-state index in [-0.39, 0.29) is 12.4 Å². The molecule has 0 spiro atoms. The molecule has 0 fully saturated rings. The Labute approximate surface area is 184 Å². The lowest BCUT2D eigenvalue weighted by molar-refractivity contribution is 0.296. The highest BCUT2D eigenvalue weighted by Crippen LogP contribution is 2.36. The molecule has 6 heteroatoms. The van der Waals surface area contributed by atoms with Crippen LogP contribution in [0, 0.1) is 17.1 Å². The van der Waals surface area contributed by atoms with Crippen LogP contribution in [0.5, 0.6) is 5.75 Å². The molecule has 0 radical (unpaired) electrons. The minimum Gasteiger partial charge on any atom is -0.486 e. The first kappa shape index (κ1) is 20.6. The quantitative estimate of drug-likeness (QED) is 0.255. The Morgan fingerprint density at radius 3 is 2.32 bits per heavy atom. The zero-order valence-corrected chi connectivity index (χ0v) is 18.4. The molecular weight excluding hydrogens is 509 g/mol. The topological polar surface area (TPSA) is 33.0 Å². The van der Waals surface area contributed by atoms with E-state index in [2.05, 4.69) is 37.9 Å². The van der Waals surface area contributed by atoms with Crippen LogP contribution in [0.1, 0.15) is 16.7 Å². The van der Waals surface area contributed by atoms with E-state index in [0.717, 1.165) is 11.1 Å². The Hall–Kier alpha value is -2.13. The summed E-state index contributed by atoms with van der Waals surface area (Å²) in [5, 5.41) is 10.1. The summed E-state index contributed by atoms with van der Waals surface area (Å²) < 4.78 is 20.9. The summed E-state index contributed by atoms with van der Waals surface area (Å²) in [6, 6.07) is 19.5. The van der Waals surface area contributed by atoms with Gasteiger partial charge in [-0.3, -0.25) is 0 Å². The van der Waals surface area contributed by atoms with Gasteiger partial charge in [0.05, 0.1) is 20.6 Å². The largest absolute Gasteiger partial charge is 0.486 e. The van der Waals surface area contributed by atoms with E-state index in [1.807, 2.05) is 12.1 Å². The van der Waals surface area contributed by atoms with Gasteiger partial charge in [-0.2, -0.15) is 5.26 Å². The molecule has 0 atom stereocenters. The number of hydrogen-bond acceptors (Lipinski definition) is 2. The van der Waals surface area contributed by atoms with Crippen molar-refractivity contribution >= 4 is 55.1 Å². The number of nitriles is 1. The summed E-state index contributed by atoms with van der Waals surface area (Å²) in [5.74, 6) is 0.251. The second kappa shape index (κ2) is 9.38. The Kier molecular flexibility index (Phi) is 6.90. The van der Waals surface area contributed by atoms with Crippen molar-refractivity contribution in [3.63, 3.8) is 0 Å². The number of rotatable bonds is 5. The first-order valence-corrected chi connectivity index (χ1v) is 10.2. The first-order valence-electron chi connectivity index (χ1n) is 8.21. The van der Waals surface area contributed by atoms with Gasteiger partial charge in [-0.15, -0.1) is 0 Å². The van der Waals surface area contributed by atoms with Crippen molar-refractivity contribution in [1.29, 1.82) is 5.26 Å². The minimum atomic E-state index is -0.309. The summed E-state index contributed by atoms with van der Waals surface area (Å²) in [6.07, 6.45) is 1.78. The van der Waals surface area contributed by atoms with Crippen LogP contribution >= 0.6 is 43.5 Å². The van der Waals surface area contributed by atoms with Crippen LogP contribution in [0.3, 0.4) is 0 Å². The van der Waals surface area contributed by atoms with E-state index in [1.165, 1.54) is 6.07 Å². The van der Waals surface area contributed by atoms with Crippen LogP contribution < -0.4 is 4.74 Å². The molecular formula is C22H13Br2ClFNO. The molecule has 0 aromatic heterocycles. The Morgan fingerprint density at radius 2 is 1.71 bits per heavy atom. The molecule has 28 heavy (non-hydrogen) atoms. The van der Waals surface area contributed by atoms with Crippen LogP contribution in [0.4, 0.5) is 4.39 Å². The predicted molar refractivity (Wildman–Crippen MR) is 118 cm³/mol. The molecule has 0 amide bonds. The molecule has 0 bridgehead atoms. The van der Waals surface area contributed by atoms with E-state index in [4.69, 9.17) is 16.3 Å². The van der Waals surface area contributed by atoms with Crippen molar-refractivity contribution in [2.75, 3.05) is 0 Å². The van der Waals surface area contributed by atoms with Crippen molar-refractivity contribution in [3.8, 4) is 11.8 Å². The molecule has 0 saturated carbocycles. The third-order valence-electron chi connectivity index (χ3n) is 3.94. The molecule has 3 aromatic carbocycles. The fourth-order valence-corrected chi connectivity index (χ4v) is 4.12. The molecule has 2 nitrogen and oxygen atoms in total. The van der Waals surface area contributed by atoms with Crippen molar-refractivity contribution in [3.05, 3.63) is 97.1 Å². The van der Waals surface area contributed by atoms with Crippen LogP contribution in [0.15, 0.2) is 69.6 Å². The van der Waals surface area contributed by atoms with E-state index in [0.29, 0.717) is 30.9 Å². The highest BCUT2D eigenvalue weighted by molar-refractivity contribution is 9.11. The molecule has 0 aliphatic carbocycles. The molecule has 0 saturated heterocycles. The SMILES string of the molecule is N#C/C(=C\c1cc(Br)c(OCc2ccccc2F)c(Br)c1)c1ccc(Cl)cc1.